The Labute approximate surface area is 562 Å². The molecule has 9 nitrogen and oxygen atoms in total. The number of ether oxygens (including phenoxy) is 4. The minimum absolute atomic E-state index is 0.145. The van der Waals surface area contributed by atoms with Crippen LogP contribution in [-0.2, 0) is 33.3 Å². The number of carboxylic acid groups (broad SMARTS) is 1. The first-order valence-electron chi connectivity index (χ1n) is 38.4. The second-order valence-electron chi connectivity index (χ2n) is 26.9. The molecule has 0 bridgehead atoms. The van der Waals surface area contributed by atoms with Crippen LogP contribution in [0.4, 0.5) is 0 Å². The van der Waals surface area contributed by atoms with E-state index in [0.29, 0.717) is 23.9 Å². The standard InChI is InChI=1S/C82H145NO8/c1-6-8-10-12-14-16-18-20-22-24-26-28-30-32-34-36-38-39-40-41-43-45-47-49-51-53-55-57-59-61-63-65-67-69-71-73-80(85)91-78(77-90-82(81(86)87)88-75-74-83(3,4)5)76-89-79(84)72-70-68-66-64-62-60-58-56-54-52-50-48-46-44-42-37-35-33-31-29-27-25-23-21-19-17-15-13-11-9-7-2/h8,10,14,16,20,22,26,28,32,34,38-39,41,43,47,49,78,82H,6-7,9,11-13,15,17-19,21,23-25,27,29-31,33,35-37,40,42,44-46,48,50-77H2,1-5H3/b10-8-,16-14-,22-20-,28-26-,34-32-,39-38-,43-41-,49-47-. The highest BCUT2D eigenvalue weighted by atomic mass is 16.7. The molecule has 0 saturated carbocycles. The Hall–Kier alpha value is -3.79. The minimum Gasteiger partial charge on any atom is -0.545 e. The van der Waals surface area contributed by atoms with Crippen LogP contribution in [0.15, 0.2) is 97.2 Å². The van der Waals surface area contributed by atoms with Gasteiger partial charge in [-0.05, 0) is 77.0 Å². The average molecular weight is 1270 g/mol. The van der Waals surface area contributed by atoms with E-state index in [1.807, 2.05) is 21.1 Å². The van der Waals surface area contributed by atoms with Gasteiger partial charge in [-0.2, -0.15) is 0 Å². The first-order chi connectivity index (χ1) is 44.6. The first-order valence-corrected chi connectivity index (χ1v) is 38.4. The predicted octanol–water partition coefficient (Wildman–Crippen LogP) is 23.0. The number of rotatable bonds is 71. The third-order valence-corrected chi connectivity index (χ3v) is 16.8. The monoisotopic (exact) mass is 1270 g/mol. The molecule has 0 radical (unpaired) electrons. The van der Waals surface area contributed by atoms with Crippen LogP contribution in [0.25, 0.3) is 0 Å². The van der Waals surface area contributed by atoms with Crippen LogP contribution < -0.4 is 5.11 Å². The SMILES string of the molecule is CC/C=C\C/C=C\C/C=C\C/C=C\C/C=C\C/C=C\C/C=C\C/C=C\CCCCCCCCCCCCC(=O)OC(COC(=O)CCCCCCCCCCCCCCCCCCCCCCCCCCCCCCCCC)COC(OCC[N+](C)(C)C)C(=O)[O-]. The molecule has 0 aromatic heterocycles. The molecule has 0 aromatic rings. The van der Waals surface area contributed by atoms with Crippen molar-refractivity contribution in [1.29, 1.82) is 0 Å². The summed E-state index contributed by atoms with van der Waals surface area (Å²) in [7, 11) is 5.94. The fourth-order valence-corrected chi connectivity index (χ4v) is 11.0. The number of aliphatic carboxylic acids is 1. The maximum atomic E-state index is 13.0. The number of hydrogen-bond donors (Lipinski definition) is 0. The maximum Gasteiger partial charge on any atom is 0.306 e. The Balaban J connectivity index is 4.08. The topological polar surface area (TPSA) is 111 Å². The molecule has 0 spiro atoms. The smallest absolute Gasteiger partial charge is 0.306 e. The molecule has 2 atom stereocenters. The summed E-state index contributed by atoms with van der Waals surface area (Å²) < 4.78 is 22.8. The number of carboxylic acids is 1. The van der Waals surface area contributed by atoms with E-state index >= 15 is 0 Å². The first kappa shape index (κ1) is 87.2. The van der Waals surface area contributed by atoms with Crippen LogP contribution in [-0.4, -0.2) is 82.3 Å². The zero-order valence-corrected chi connectivity index (χ0v) is 60.2. The molecule has 2 unspecified atom stereocenters. The molecule has 0 saturated heterocycles. The van der Waals surface area contributed by atoms with Gasteiger partial charge in [-0.15, -0.1) is 0 Å². The molecule has 526 valence electrons. The molecule has 0 aromatic carbocycles. The zero-order chi connectivity index (χ0) is 66.1. The number of nitrogens with zero attached hydrogens (tertiary/aromatic N) is 1. The van der Waals surface area contributed by atoms with Gasteiger partial charge in [0.15, 0.2) is 12.4 Å². The van der Waals surface area contributed by atoms with Crippen LogP contribution in [0, 0.1) is 0 Å². The fourth-order valence-electron chi connectivity index (χ4n) is 11.0. The van der Waals surface area contributed by atoms with Crippen LogP contribution in [0.3, 0.4) is 0 Å². The lowest BCUT2D eigenvalue weighted by molar-refractivity contribution is -0.870. The van der Waals surface area contributed by atoms with Crippen molar-refractivity contribution in [3.63, 3.8) is 0 Å². The Morgan fingerprint density at radius 1 is 0.341 bits per heavy atom. The van der Waals surface area contributed by atoms with E-state index < -0.39 is 24.3 Å². The van der Waals surface area contributed by atoms with Crippen LogP contribution >= 0.6 is 0 Å². The van der Waals surface area contributed by atoms with Gasteiger partial charge in [-0.25, -0.2) is 0 Å². The Bertz CT molecular complexity index is 1820. The van der Waals surface area contributed by atoms with E-state index in [1.54, 1.807) is 0 Å². The Kier molecular flexibility index (Phi) is 69.0. The molecule has 91 heavy (non-hydrogen) atoms. The number of carbonyl (C=O) groups excluding carboxylic acids is 3. The van der Waals surface area contributed by atoms with Crippen molar-refractivity contribution in [2.24, 2.45) is 0 Å². The van der Waals surface area contributed by atoms with Gasteiger partial charge < -0.3 is 33.3 Å². The summed E-state index contributed by atoms with van der Waals surface area (Å²) >= 11 is 0. The second-order valence-corrected chi connectivity index (χ2v) is 26.9. The van der Waals surface area contributed by atoms with Gasteiger partial charge >= 0.3 is 11.9 Å². The summed E-state index contributed by atoms with van der Waals surface area (Å²) in [4.78, 5) is 37.6. The normalized spacial score (nSPS) is 13.2. The number of likely N-dealkylation sites (N-methyl/N-ethyl adjacent to an activating group) is 1. The lowest BCUT2D eigenvalue weighted by Gasteiger charge is -2.26. The highest BCUT2D eigenvalue weighted by Gasteiger charge is 2.22. The van der Waals surface area contributed by atoms with E-state index in [2.05, 4.69) is 111 Å². The highest BCUT2D eigenvalue weighted by molar-refractivity contribution is 5.70. The average Bonchev–Trinajstić information content (AvgIpc) is 3.46. The molecule has 0 aliphatic carbocycles. The van der Waals surface area contributed by atoms with Crippen LogP contribution in [0.2, 0.25) is 0 Å². The van der Waals surface area contributed by atoms with Gasteiger partial charge in [0.05, 0.1) is 40.3 Å². The van der Waals surface area contributed by atoms with E-state index in [1.165, 1.54) is 218 Å². The van der Waals surface area contributed by atoms with Gasteiger partial charge in [0.25, 0.3) is 0 Å². The number of esters is 2. The molecule has 0 fully saturated rings. The number of unbranched alkanes of at least 4 members (excludes halogenated alkanes) is 40. The van der Waals surface area contributed by atoms with E-state index in [9.17, 15) is 19.5 Å². The molecule has 9 heteroatoms. The molecule has 0 rings (SSSR count). The summed E-state index contributed by atoms with van der Waals surface area (Å²) in [5.74, 6) is -2.27. The lowest BCUT2D eigenvalue weighted by atomic mass is 10.0. The minimum atomic E-state index is -1.63. The highest BCUT2D eigenvalue weighted by Crippen LogP contribution is 2.19. The lowest BCUT2D eigenvalue weighted by Crippen LogP contribution is -2.44. The number of quaternary nitrogens is 1. The molecule has 0 aliphatic rings. The van der Waals surface area contributed by atoms with Crippen molar-refractivity contribution < 1.29 is 42.9 Å². The van der Waals surface area contributed by atoms with Gasteiger partial charge in [0.1, 0.15) is 13.2 Å². The van der Waals surface area contributed by atoms with Crippen LogP contribution in [0.5, 0.6) is 0 Å². The summed E-state index contributed by atoms with van der Waals surface area (Å²) in [5.41, 5.74) is 0. The summed E-state index contributed by atoms with van der Waals surface area (Å²) in [5, 5.41) is 11.8. The predicted molar refractivity (Wildman–Crippen MR) is 389 cm³/mol. The number of carbonyl (C=O) groups is 3. The molecular formula is C82H145NO8. The molecule has 0 aliphatic heterocycles. The fraction of sp³-hybridized carbons (Fsp3) is 0.768. The second kappa shape index (κ2) is 72.0. The van der Waals surface area contributed by atoms with Crippen molar-refractivity contribution >= 4 is 17.9 Å². The molecule has 0 amide bonds. The summed E-state index contributed by atoms with van der Waals surface area (Å²) in [6.07, 6.45) is 96.6. The van der Waals surface area contributed by atoms with Gasteiger partial charge in [-0.3, -0.25) is 9.59 Å². The van der Waals surface area contributed by atoms with Crippen molar-refractivity contribution in [1.82, 2.24) is 0 Å². The quantitative estimate of drug-likeness (QED) is 0.0195. The largest absolute Gasteiger partial charge is 0.545 e. The molecule has 0 heterocycles. The third kappa shape index (κ3) is 73.5. The number of allylic oxidation sites excluding steroid dienone is 16. The molecular weight excluding hydrogens is 1130 g/mol. The maximum absolute atomic E-state index is 13.0. The van der Waals surface area contributed by atoms with Crippen molar-refractivity contribution in [3.8, 4) is 0 Å². The van der Waals surface area contributed by atoms with Crippen molar-refractivity contribution in [2.75, 3.05) is 47.5 Å². The van der Waals surface area contributed by atoms with Gasteiger partial charge in [0.2, 0.25) is 0 Å². The zero-order valence-electron chi connectivity index (χ0n) is 60.2. The Morgan fingerprint density at radius 2 is 0.626 bits per heavy atom. The number of hydrogen-bond acceptors (Lipinski definition) is 8. The van der Waals surface area contributed by atoms with Gasteiger partial charge in [0, 0.05) is 12.8 Å². The van der Waals surface area contributed by atoms with Crippen molar-refractivity contribution in [2.45, 2.75) is 360 Å². The van der Waals surface area contributed by atoms with Gasteiger partial charge in [-0.1, -0.05) is 355 Å². The van der Waals surface area contributed by atoms with E-state index in [4.69, 9.17) is 18.9 Å². The summed E-state index contributed by atoms with van der Waals surface area (Å²) in [6, 6.07) is 0. The van der Waals surface area contributed by atoms with Crippen LogP contribution in [0.1, 0.15) is 348 Å². The third-order valence-electron chi connectivity index (χ3n) is 16.8. The summed E-state index contributed by atoms with van der Waals surface area (Å²) in [6.45, 7) is 4.68. The van der Waals surface area contributed by atoms with E-state index in [-0.39, 0.29) is 32.2 Å². The van der Waals surface area contributed by atoms with E-state index in [0.717, 1.165) is 96.3 Å². The Morgan fingerprint density at radius 3 is 0.934 bits per heavy atom. The molecule has 0 N–H and O–H groups in total. The van der Waals surface area contributed by atoms with Crippen molar-refractivity contribution in [3.05, 3.63) is 97.2 Å².